The maximum Gasteiger partial charge on any atom is 0.175 e. The first-order chi connectivity index (χ1) is 8.06. The maximum atomic E-state index is 5.43. The summed E-state index contributed by atoms with van der Waals surface area (Å²) in [7, 11) is 0. The minimum Gasteiger partial charge on any atom is -0.461 e. The summed E-state index contributed by atoms with van der Waals surface area (Å²) in [6.45, 7) is 6.34. The molecule has 2 rings (SSSR count). The molecular weight excluding hydrogens is 232 g/mol. The molecule has 1 N–H and O–H groups in total. The van der Waals surface area contributed by atoms with E-state index in [-0.39, 0.29) is 0 Å². The lowest BCUT2D eigenvalue weighted by molar-refractivity contribution is 0.573. The molecule has 0 radical (unpaired) electrons. The summed E-state index contributed by atoms with van der Waals surface area (Å²) in [5.74, 6) is 2.06. The fourth-order valence-electron chi connectivity index (χ4n) is 1.78. The molecule has 0 aliphatic carbocycles. The van der Waals surface area contributed by atoms with Crippen LogP contribution in [0.15, 0.2) is 22.8 Å². The molecule has 0 saturated carbocycles. The summed E-state index contributed by atoms with van der Waals surface area (Å²) in [5.41, 5.74) is 2.16. The molecule has 0 fully saturated rings. The first-order valence-corrected chi connectivity index (χ1v) is 6.12. The molecule has 0 atom stereocenters. The van der Waals surface area contributed by atoms with Gasteiger partial charge >= 0.3 is 0 Å². The van der Waals surface area contributed by atoms with Crippen molar-refractivity contribution in [3.63, 3.8) is 0 Å². The lowest BCUT2D eigenvalue weighted by Gasteiger charge is -2.07. The SMILES string of the molecule is Cc1ccoc1-c1nc(=S)cc(CC(C)C)[nH]1. The van der Waals surface area contributed by atoms with Crippen molar-refractivity contribution >= 4 is 12.2 Å². The van der Waals surface area contributed by atoms with Gasteiger partial charge in [-0.25, -0.2) is 4.98 Å². The van der Waals surface area contributed by atoms with E-state index < -0.39 is 0 Å². The normalized spacial score (nSPS) is 11.1. The summed E-state index contributed by atoms with van der Waals surface area (Å²) in [6, 6.07) is 3.83. The fourth-order valence-corrected chi connectivity index (χ4v) is 2.01. The molecule has 90 valence electrons. The summed E-state index contributed by atoms with van der Waals surface area (Å²) < 4.78 is 6.03. The van der Waals surface area contributed by atoms with Gasteiger partial charge in [0.25, 0.3) is 0 Å². The highest BCUT2D eigenvalue weighted by Crippen LogP contribution is 2.21. The third kappa shape index (κ3) is 2.82. The number of hydrogen-bond acceptors (Lipinski definition) is 3. The first kappa shape index (κ1) is 12.0. The maximum absolute atomic E-state index is 5.43. The Labute approximate surface area is 106 Å². The summed E-state index contributed by atoms with van der Waals surface area (Å²) in [6.07, 6.45) is 2.62. The second kappa shape index (κ2) is 4.84. The first-order valence-electron chi connectivity index (χ1n) is 5.71. The van der Waals surface area contributed by atoms with Gasteiger partial charge in [0.1, 0.15) is 4.64 Å². The molecule has 0 spiro atoms. The van der Waals surface area contributed by atoms with Crippen molar-refractivity contribution in [2.45, 2.75) is 27.2 Å². The van der Waals surface area contributed by atoms with Gasteiger partial charge in [0, 0.05) is 5.69 Å². The number of H-pyrrole nitrogens is 1. The molecule has 0 aromatic carbocycles. The van der Waals surface area contributed by atoms with Crippen LogP contribution in [0.5, 0.6) is 0 Å². The van der Waals surface area contributed by atoms with Gasteiger partial charge in [0.15, 0.2) is 11.6 Å². The Morgan fingerprint density at radius 1 is 1.47 bits per heavy atom. The zero-order chi connectivity index (χ0) is 12.4. The number of nitrogens with zero attached hydrogens (tertiary/aromatic N) is 1. The van der Waals surface area contributed by atoms with Crippen molar-refractivity contribution in [3.05, 3.63) is 34.3 Å². The van der Waals surface area contributed by atoms with E-state index in [1.54, 1.807) is 6.26 Å². The second-order valence-corrected chi connectivity index (χ2v) is 5.04. The average Bonchev–Trinajstić information content (AvgIpc) is 2.62. The number of aromatic amines is 1. The van der Waals surface area contributed by atoms with Crippen LogP contribution >= 0.6 is 12.2 Å². The molecule has 4 heteroatoms. The average molecular weight is 248 g/mol. The van der Waals surface area contributed by atoms with Gasteiger partial charge in [-0.05, 0) is 37.0 Å². The van der Waals surface area contributed by atoms with Gasteiger partial charge < -0.3 is 9.40 Å². The number of hydrogen-bond donors (Lipinski definition) is 1. The Morgan fingerprint density at radius 2 is 2.24 bits per heavy atom. The van der Waals surface area contributed by atoms with Crippen LogP contribution in [0.4, 0.5) is 0 Å². The summed E-state index contributed by atoms with van der Waals surface area (Å²) >= 11 is 5.18. The highest BCUT2D eigenvalue weighted by atomic mass is 32.1. The monoisotopic (exact) mass is 248 g/mol. The minimum absolute atomic E-state index is 0.577. The Kier molecular flexibility index (Phi) is 3.43. The van der Waals surface area contributed by atoms with Crippen LogP contribution in [0.3, 0.4) is 0 Å². The van der Waals surface area contributed by atoms with Crippen LogP contribution in [0.2, 0.25) is 0 Å². The van der Waals surface area contributed by atoms with Crippen molar-refractivity contribution in [3.8, 4) is 11.6 Å². The lowest BCUT2D eigenvalue weighted by Crippen LogP contribution is -2.00. The second-order valence-electron chi connectivity index (χ2n) is 4.62. The Bertz CT molecular complexity index is 569. The van der Waals surface area contributed by atoms with Crippen molar-refractivity contribution in [1.82, 2.24) is 9.97 Å². The number of rotatable bonds is 3. The fraction of sp³-hybridized carbons (Fsp3) is 0.385. The smallest absolute Gasteiger partial charge is 0.175 e. The van der Waals surface area contributed by atoms with E-state index in [1.165, 1.54) is 0 Å². The Morgan fingerprint density at radius 3 is 2.82 bits per heavy atom. The predicted octanol–water partition coefficient (Wildman–Crippen LogP) is 3.91. The van der Waals surface area contributed by atoms with Crippen LogP contribution in [-0.4, -0.2) is 9.97 Å². The van der Waals surface area contributed by atoms with Gasteiger partial charge in [0.2, 0.25) is 0 Å². The quantitative estimate of drug-likeness (QED) is 0.837. The third-order valence-electron chi connectivity index (χ3n) is 2.50. The van der Waals surface area contributed by atoms with E-state index in [9.17, 15) is 0 Å². The zero-order valence-corrected chi connectivity index (χ0v) is 11.1. The van der Waals surface area contributed by atoms with Crippen LogP contribution in [0.25, 0.3) is 11.6 Å². The topological polar surface area (TPSA) is 41.8 Å². The molecule has 0 bridgehead atoms. The molecule has 17 heavy (non-hydrogen) atoms. The standard InChI is InChI=1S/C13H16N2OS/c1-8(2)6-10-7-11(17)15-13(14-10)12-9(3)4-5-16-12/h4-5,7-8H,6H2,1-3H3,(H,14,15,17). The Hall–Kier alpha value is -1.42. The van der Waals surface area contributed by atoms with E-state index >= 15 is 0 Å². The van der Waals surface area contributed by atoms with Crippen LogP contribution in [-0.2, 0) is 6.42 Å². The molecular formula is C13H16N2OS. The highest BCUT2D eigenvalue weighted by molar-refractivity contribution is 7.71. The molecule has 0 saturated heterocycles. The number of aryl methyl sites for hydroxylation is 1. The zero-order valence-electron chi connectivity index (χ0n) is 10.3. The van der Waals surface area contributed by atoms with E-state index in [1.807, 2.05) is 19.1 Å². The summed E-state index contributed by atoms with van der Waals surface area (Å²) in [5, 5.41) is 0. The van der Waals surface area contributed by atoms with Gasteiger partial charge in [-0.1, -0.05) is 26.1 Å². The van der Waals surface area contributed by atoms with Crippen LogP contribution in [0, 0.1) is 17.5 Å². The predicted molar refractivity (Wildman–Crippen MR) is 70.4 cm³/mol. The van der Waals surface area contributed by atoms with E-state index in [2.05, 4.69) is 23.8 Å². The molecule has 0 aliphatic heterocycles. The molecule has 2 aromatic rings. The van der Waals surface area contributed by atoms with Crippen molar-refractivity contribution < 1.29 is 4.42 Å². The molecule has 0 amide bonds. The largest absolute Gasteiger partial charge is 0.461 e. The molecule has 0 unspecified atom stereocenters. The number of nitrogens with one attached hydrogen (secondary N) is 1. The van der Waals surface area contributed by atoms with Crippen molar-refractivity contribution in [1.29, 1.82) is 0 Å². The summed E-state index contributed by atoms with van der Waals surface area (Å²) in [4.78, 5) is 7.60. The lowest BCUT2D eigenvalue weighted by atomic mass is 10.1. The van der Waals surface area contributed by atoms with Crippen molar-refractivity contribution in [2.75, 3.05) is 0 Å². The van der Waals surface area contributed by atoms with Gasteiger partial charge in [0.05, 0.1) is 6.26 Å². The van der Waals surface area contributed by atoms with E-state index in [0.717, 1.165) is 29.3 Å². The molecule has 2 heterocycles. The van der Waals surface area contributed by atoms with Crippen LogP contribution in [0.1, 0.15) is 25.1 Å². The molecule has 3 nitrogen and oxygen atoms in total. The van der Waals surface area contributed by atoms with E-state index in [4.69, 9.17) is 16.6 Å². The molecule has 2 aromatic heterocycles. The number of aromatic nitrogens is 2. The number of furan rings is 1. The van der Waals surface area contributed by atoms with Crippen LogP contribution < -0.4 is 0 Å². The van der Waals surface area contributed by atoms with Gasteiger partial charge in [-0.2, -0.15) is 0 Å². The highest BCUT2D eigenvalue weighted by Gasteiger charge is 2.09. The Balaban J connectivity index is 2.45. The van der Waals surface area contributed by atoms with E-state index in [0.29, 0.717) is 10.6 Å². The van der Waals surface area contributed by atoms with Gasteiger partial charge in [-0.15, -0.1) is 0 Å². The molecule has 0 aliphatic rings. The minimum atomic E-state index is 0.577. The van der Waals surface area contributed by atoms with Gasteiger partial charge in [-0.3, -0.25) is 0 Å². The third-order valence-corrected chi connectivity index (χ3v) is 2.71. The van der Waals surface area contributed by atoms with Crippen molar-refractivity contribution in [2.24, 2.45) is 5.92 Å².